The SMILES string of the molecule is O=C(Nn1ncc2cc(S(=O)(=O)c3cc(F)cc(F)c3)ccc21)c1ccccc1NC1CCCCO1. The number of amides is 1. The van der Waals surface area contributed by atoms with Gasteiger partial charge in [-0.25, -0.2) is 22.6 Å². The van der Waals surface area contributed by atoms with Crippen LogP contribution in [-0.2, 0) is 14.6 Å². The van der Waals surface area contributed by atoms with Crippen LogP contribution in [-0.4, -0.2) is 37.0 Å². The van der Waals surface area contributed by atoms with Gasteiger partial charge in [-0.3, -0.25) is 4.79 Å². The van der Waals surface area contributed by atoms with Gasteiger partial charge in [0, 0.05) is 23.7 Å². The van der Waals surface area contributed by atoms with E-state index in [0.29, 0.717) is 34.8 Å². The zero-order valence-corrected chi connectivity index (χ0v) is 19.8. The molecule has 3 aromatic carbocycles. The van der Waals surface area contributed by atoms with Crippen LogP contribution in [0.3, 0.4) is 0 Å². The molecule has 1 aromatic heterocycles. The Kier molecular flexibility index (Phi) is 6.42. The number of carbonyl (C=O) groups excluding carboxylic acids is 1. The second-order valence-corrected chi connectivity index (χ2v) is 10.3. The summed E-state index contributed by atoms with van der Waals surface area (Å²) < 4.78 is 58.7. The minimum Gasteiger partial charge on any atom is -0.359 e. The fourth-order valence-corrected chi connectivity index (χ4v) is 5.42. The number of sulfone groups is 1. The molecule has 1 aliphatic heterocycles. The normalized spacial score (nSPS) is 16.1. The van der Waals surface area contributed by atoms with E-state index in [1.54, 1.807) is 18.2 Å². The number of rotatable bonds is 6. The molecule has 0 radical (unpaired) electrons. The first-order valence-corrected chi connectivity index (χ1v) is 12.8. The largest absolute Gasteiger partial charge is 0.359 e. The summed E-state index contributed by atoms with van der Waals surface area (Å²) in [5, 5.41) is 7.83. The maximum Gasteiger partial charge on any atom is 0.273 e. The third-order valence-electron chi connectivity index (χ3n) is 5.87. The third kappa shape index (κ3) is 4.79. The Labute approximate surface area is 205 Å². The van der Waals surface area contributed by atoms with Gasteiger partial charge < -0.3 is 10.1 Å². The summed E-state index contributed by atoms with van der Waals surface area (Å²) in [6, 6.07) is 13.2. The summed E-state index contributed by atoms with van der Waals surface area (Å²) in [7, 11) is -4.18. The minimum atomic E-state index is -4.18. The van der Waals surface area contributed by atoms with Crippen LogP contribution in [0.4, 0.5) is 14.5 Å². The van der Waals surface area contributed by atoms with Crippen molar-refractivity contribution >= 4 is 32.3 Å². The Morgan fingerprint density at radius 3 is 2.53 bits per heavy atom. The highest BCUT2D eigenvalue weighted by atomic mass is 32.2. The smallest absolute Gasteiger partial charge is 0.273 e. The highest BCUT2D eigenvalue weighted by Crippen LogP contribution is 2.26. The number of ether oxygens (including phenoxy) is 1. The molecular formula is C25H22F2N4O4S. The number of carbonyl (C=O) groups is 1. The van der Waals surface area contributed by atoms with Crippen molar-refractivity contribution in [1.29, 1.82) is 0 Å². The van der Waals surface area contributed by atoms with Crippen LogP contribution < -0.4 is 10.7 Å². The maximum atomic E-state index is 13.6. The molecule has 1 saturated heterocycles. The van der Waals surface area contributed by atoms with Gasteiger partial charge >= 0.3 is 0 Å². The lowest BCUT2D eigenvalue weighted by Crippen LogP contribution is -2.29. The predicted molar refractivity (Wildman–Crippen MR) is 129 cm³/mol. The lowest BCUT2D eigenvalue weighted by Gasteiger charge is -2.25. The predicted octanol–water partition coefficient (Wildman–Crippen LogP) is 4.47. The van der Waals surface area contributed by atoms with Crippen LogP contribution in [0.15, 0.2) is 76.7 Å². The first kappa shape index (κ1) is 23.9. The van der Waals surface area contributed by atoms with E-state index in [4.69, 9.17) is 4.74 Å². The molecular weight excluding hydrogens is 490 g/mol. The maximum absolute atomic E-state index is 13.6. The monoisotopic (exact) mass is 512 g/mol. The van der Waals surface area contributed by atoms with E-state index >= 15 is 0 Å². The van der Waals surface area contributed by atoms with Crippen LogP contribution in [0.1, 0.15) is 29.6 Å². The van der Waals surface area contributed by atoms with Crippen molar-refractivity contribution in [2.45, 2.75) is 35.3 Å². The number of nitrogens with one attached hydrogen (secondary N) is 2. The van der Waals surface area contributed by atoms with Crippen LogP contribution in [0.5, 0.6) is 0 Å². The molecule has 36 heavy (non-hydrogen) atoms. The number of hydrogen-bond acceptors (Lipinski definition) is 6. The Hall–Kier alpha value is -3.83. The second-order valence-electron chi connectivity index (χ2n) is 8.37. The van der Waals surface area contributed by atoms with E-state index in [-0.39, 0.29) is 11.1 Å². The number of halogens is 2. The molecule has 0 aliphatic carbocycles. The summed E-state index contributed by atoms with van der Waals surface area (Å²) in [4.78, 5) is 13.7. The van der Waals surface area contributed by atoms with Gasteiger partial charge in [-0.2, -0.15) is 9.89 Å². The standard InChI is InChI=1S/C25H22F2N4O4S/c26-17-12-18(27)14-20(13-17)36(33,34)19-8-9-23-16(11-19)15-28-31(23)30-25(32)21-5-1-2-6-22(21)29-24-7-3-4-10-35-24/h1-2,5-6,8-9,11-15,24,29H,3-4,7,10H2,(H,30,32). The zero-order valence-electron chi connectivity index (χ0n) is 18.9. The highest BCUT2D eigenvalue weighted by molar-refractivity contribution is 7.91. The van der Waals surface area contributed by atoms with Crippen molar-refractivity contribution in [1.82, 2.24) is 9.89 Å². The van der Waals surface area contributed by atoms with Gasteiger partial charge in [0.05, 0.1) is 27.1 Å². The summed E-state index contributed by atoms with van der Waals surface area (Å²) in [5.41, 5.74) is 4.15. The van der Waals surface area contributed by atoms with Crippen molar-refractivity contribution in [3.63, 3.8) is 0 Å². The average Bonchev–Trinajstić information content (AvgIpc) is 3.26. The van der Waals surface area contributed by atoms with Gasteiger partial charge in [-0.1, -0.05) is 12.1 Å². The fourth-order valence-electron chi connectivity index (χ4n) is 4.08. The summed E-state index contributed by atoms with van der Waals surface area (Å²) in [6.45, 7) is 0.664. The van der Waals surface area contributed by atoms with Crippen LogP contribution in [0, 0.1) is 11.6 Å². The number of anilines is 1. The molecule has 8 nitrogen and oxygen atoms in total. The van der Waals surface area contributed by atoms with Crippen molar-refractivity contribution in [3.05, 3.63) is 84.1 Å². The molecule has 4 aromatic rings. The van der Waals surface area contributed by atoms with Gasteiger partial charge in [0.2, 0.25) is 9.84 Å². The molecule has 1 unspecified atom stereocenters. The van der Waals surface area contributed by atoms with Crippen molar-refractivity contribution in [3.8, 4) is 0 Å². The Morgan fingerprint density at radius 2 is 1.78 bits per heavy atom. The minimum absolute atomic E-state index is 0.159. The molecule has 1 amide bonds. The van der Waals surface area contributed by atoms with E-state index in [0.717, 1.165) is 31.4 Å². The van der Waals surface area contributed by atoms with Crippen molar-refractivity contribution in [2.75, 3.05) is 17.3 Å². The van der Waals surface area contributed by atoms with E-state index in [1.807, 2.05) is 6.07 Å². The highest BCUT2D eigenvalue weighted by Gasteiger charge is 2.22. The van der Waals surface area contributed by atoms with E-state index in [1.165, 1.54) is 29.2 Å². The van der Waals surface area contributed by atoms with Crippen molar-refractivity contribution in [2.24, 2.45) is 0 Å². The molecule has 1 aliphatic rings. The number of aromatic nitrogens is 2. The Balaban J connectivity index is 1.39. The van der Waals surface area contributed by atoms with E-state index in [2.05, 4.69) is 15.8 Å². The third-order valence-corrected chi connectivity index (χ3v) is 7.60. The van der Waals surface area contributed by atoms with E-state index in [9.17, 15) is 22.0 Å². The summed E-state index contributed by atoms with van der Waals surface area (Å²) >= 11 is 0. The molecule has 1 atom stereocenters. The molecule has 186 valence electrons. The lowest BCUT2D eigenvalue weighted by molar-refractivity contribution is 0.0343. The van der Waals surface area contributed by atoms with Gasteiger partial charge in [0.1, 0.15) is 17.9 Å². The van der Waals surface area contributed by atoms with Crippen molar-refractivity contribution < 1.29 is 26.7 Å². The average molecular weight is 513 g/mol. The summed E-state index contributed by atoms with van der Waals surface area (Å²) in [5.74, 6) is -2.41. The van der Waals surface area contributed by atoms with Crippen LogP contribution in [0.25, 0.3) is 10.9 Å². The molecule has 2 heterocycles. The van der Waals surface area contributed by atoms with Crippen LogP contribution in [0.2, 0.25) is 0 Å². The van der Waals surface area contributed by atoms with Crippen LogP contribution >= 0.6 is 0 Å². The van der Waals surface area contributed by atoms with Gasteiger partial charge in [-0.05, 0) is 61.7 Å². The van der Waals surface area contributed by atoms with Gasteiger partial charge in [-0.15, -0.1) is 0 Å². The fraction of sp³-hybridized carbons (Fsp3) is 0.200. The first-order chi connectivity index (χ1) is 17.3. The number of para-hydroxylation sites is 1. The number of nitrogens with zero attached hydrogens (tertiary/aromatic N) is 2. The quantitative estimate of drug-likeness (QED) is 0.395. The summed E-state index contributed by atoms with van der Waals surface area (Å²) in [6.07, 6.45) is 4.10. The second kappa shape index (κ2) is 9.67. The molecule has 0 spiro atoms. The lowest BCUT2D eigenvalue weighted by atomic mass is 10.1. The topological polar surface area (TPSA) is 102 Å². The Bertz CT molecular complexity index is 1530. The molecule has 1 fully saturated rings. The number of benzene rings is 3. The zero-order chi connectivity index (χ0) is 25.3. The molecule has 0 saturated carbocycles. The van der Waals surface area contributed by atoms with Gasteiger partial charge in [0.15, 0.2) is 0 Å². The molecule has 11 heteroatoms. The first-order valence-electron chi connectivity index (χ1n) is 11.3. The number of hydrogen-bond donors (Lipinski definition) is 2. The molecule has 2 N–H and O–H groups in total. The Morgan fingerprint density at radius 1 is 1.00 bits per heavy atom. The number of fused-ring (bicyclic) bond motifs is 1. The molecule has 5 rings (SSSR count). The van der Waals surface area contributed by atoms with Gasteiger partial charge in [0.25, 0.3) is 5.91 Å². The molecule has 0 bridgehead atoms. The van der Waals surface area contributed by atoms with E-state index < -0.39 is 32.3 Å².